The molecule has 0 spiro atoms. The summed E-state index contributed by atoms with van der Waals surface area (Å²) in [6, 6.07) is 2.30. The van der Waals surface area contributed by atoms with Crippen molar-refractivity contribution < 1.29 is 19.5 Å². The highest BCUT2D eigenvalue weighted by atomic mass is 16.4. The number of hydrogen-bond donors (Lipinski definition) is 3. The number of aliphatic carboxylic acids is 1. The summed E-state index contributed by atoms with van der Waals surface area (Å²) in [5.41, 5.74) is 9.68. The van der Waals surface area contributed by atoms with Crippen LogP contribution in [-0.2, 0) is 33.6 Å². The Bertz CT molecular complexity index is 1180. The Hall–Kier alpha value is -3.36. The van der Waals surface area contributed by atoms with Gasteiger partial charge in [0.15, 0.2) is 0 Å². The lowest BCUT2D eigenvalue weighted by atomic mass is 9.87. The zero-order chi connectivity index (χ0) is 31.0. The molecule has 4 N–H and O–H groups in total. The number of hydrogen-bond acceptors (Lipinski definition) is 7. The predicted octanol–water partition coefficient (Wildman–Crippen LogP) is 6.25. The van der Waals surface area contributed by atoms with Crippen LogP contribution in [0.1, 0.15) is 131 Å². The number of pyridine rings is 1. The predicted molar refractivity (Wildman–Crippen MR) is 169 cm³/mol. The summed E-state index contributed by atoms with van der Waals surface area (Å²) in [6.07, 6.45) is 17.5. The normalized spacial score (nSPS) is 14.0. The summed E-state index contributed by atoms with van der Waals surface area (Å²) in [4.78, 5) is 49.1. The van der Waals surface area contributed by atoms with Crippen molar-refractivity contribution in [2.45, 2.75) is 129 Å². The number of primary amides is 1. The van der Waals surface area contributed by atoms with Crippen molar-refractivity contribution >= 4 is 23.5 Å². The molecule has 236 valence electrons. The number of Topliss-reactive ketones (excluding diaryl/α,β-unsaturated/α-hetero) is 1. The van der Waals surface area contributed by atoms with Crippen molar-refractivity contribution in [1.82, 2.24) is 15.0 Å². The van der Waals surface area contributed by atoms with Gasteiger partial charge in [-0.1, -0.05) is 45.1 Å². The van der Waals surface area contributed by atoms with E-state index in [2.05, 4.69) is 28.3 Å². The fourth-order valence-corrected chi connectivity index (χ4v) is 6.02. The van der Waals surface area contributed by atoms with Crippen LogP contribution in [0.25, 0.3) is 0 Å². The highest BCUT2D eigenvalue weighted by Gasteiger charge is 2.21. The molecule has 9 nitrogen and oxygen atoms in total. The molecule has 2 atom stereocenters. The minimum atomic E-state index is -0.797. The van der Waals surface area contributed by atoms with E-state index in [0.29, 0.717) is 24.4 Å². The molecule has 0 radical (unpaired) electrons. The molecule has 1 aliphatic rings. The maximum Gasteiger partial charge on any atom is 0.303 e. The number of carboxylic acids is 1. The molecule has 1 aliphatic heterocycles. The number of anilines is 1. The average Bonchev–Trinajstić information content (AvgIpc) is 2.98. The first-order valence-corrected chi connectivity index (χ1v) is 16.3. The number of rotatable bonds is 21. The van der Waals surface area contributed by atoms with Crippen LogP contribution in [0.4, 0.5) is 5.82 Å². The molecule has 3 rings (SSSR count). The van der Waals surface area contributed by atoms with E-state index in [-0.39, 0.29) is 24.2 Å². The zero-order valence-electron chi connectivity index (χ0n) is 26.2. The monoisotopic (exact) mass is 593 g/mol. The molecule has 1 unspecified atom stereocenters. The highest BCUT2D eigenvalue weighted by Crippen LogP contribution is 2.28. The van der Waals surface area contributed by atoms with Crippen LogP contribution >= 0.6 is 0 Å². The quantitative estimate of drug-likeness (QED) is 0.144. The van der Waals surface area contributed by atoms with E-state index < -0.39 is 5.97 Å². The Morgan fingerprint density at radius 3 is 2.40 bits per heavy atom. The van der Waals surface area contributed by atoms with Crippen LogP contribution in [-0.4, -0.2) is 44.3 Å². The molecule has 0 saturated heterocycles. The molecular weight excluding hydrogens is 542 g/mol. The maximum absolute atomic E-state index is 13.1. The summed E-state index contributed by atoms with van der Waals surface area (Å²) < 4.78 is 0. The van der Waals surface area contributed by atoms with Crippen LogP contribution in [0, 0.1) is 12.8 Å². The standard InChI is InChI=1S/C34H51N5O4/c1-3-25(31(40)16-10-6-7-11-17-32(35)41)19-28-20-27-14-12-18-36-34(27)39-30(28)15-9-5-4-8-13-26(21-33(42)43)29-22-37-24(2)38-23-29/h20,22-23,25-26H,3-19,21H2,1-2H3,(H2,35,41)(H,36,39)(H,42,43)/t25?,26-/m0/s1. The number of ketones is 1. The Kier molecular flexibility index (Phi) is 14.6. The average molecular weight is 594 g/mol. The van der Waals surface area contributed by atoms with E-state index >= 15 is 0 Å². The topological polar surface area (TPSA) is 148 Å². The van der Waals surface area contributed by atoms with Crippen LogP contribution in [0.15, 0.2) is 18.5 Å². The Labute approximate surface area is 256 Å². The molecule has 0 fully saturated rings. The van der Waals surface area contributed by atoms with E-state index in [4.69, 9.17) is 10.7 Å². The number of aryl methyl sites for hydroxylation is 3. The largest absolute Gasteiger partial charge is 0.481 e. The number of nitrogens with two attached hydrogens (primary N) is 1. The van der Waals surface area contributed by atoms with Gasteiger partial charge >= 0.3 is 5.97 Å². The molecule has 0 saturated carbocycles. The summed E-state index contributed by atoms with van der Waals surface area (Å²) in [7, 11) is 0. The van der Waals surface area contributed by atoms with E-state index in [0.717, 1.165) is 114 Å². The van der Waals surface area contributed by atoms with Gasteiger partial charge in [-0.3, -0.25) is 14.4 Å². The Morgan fingerprint density at radius 2 is 1.70 bits per heavy atom. The van der Waals surface area contributed by atoms with Gasteiger partial charge in [-0.15, -0.1) is 0 Å². The van der Waals surface area contributed by atoms with E-state index in [1.165, 1.54) is 11.1 Å². The maximum atomic E-state index is 13.1. The first-order valence-electron chi connectivity index (χ1n) is 16.3. The number of carboxylic acid groups (broad SMARTS) is 1. The summed E-state index contributed by atoms with van der Waals surface area (Å²) in [5.74, 6) is 0.881. The molecule has 9 heteroatoms. The number of nitrogens with zero attached hydrogens (tertiary/aromatic N) is 3. The number of amides is 1. The third-order valence-corrected chi connectivity index (χ3v) is 8.61. The molecule has 2 aromatic heterocycles. The van der Waals surface area contributed by atoms with Crippen LogP contribution in [0.2, 0.25) is 0 Å². The number of aromatic nitrogens is 3. The second-order valence-electron chi connectivity index (χ2n) is 12.1. The lowest BCUT2D eigenvalue weighted by Gasteiger charge is -2.22. The third kappa shape index (κ3) is 12.0. The van der Waals surface area contributed by atoms with E-state index in [1.54, 1.807) is 12.4 Å². The Morgan fingerprint density at radius 1 is 1.00 bits per heavy atom. The van der Waals surface area contributed by atoms with Crippen molar-refractivity contribution in [1.29, 1.82) is 0 Å². The highest BCUT2D eigenvalue weighted by molar-refractivity contribution is 5.81. The van der Waals surface area contributed by atoms with Gasteiger partial charge in [0.2, 0.25) is 5.91 Å². The van der Waals surface area contributed by atoms with Gasteiger partial charge in [0.1, 0.15) is 17.4 Å². The van der Waals surface area contributed by atoms with Crippen molar-refractivity contribution in [3.63, 3.8) is 0 Å². The smallest absolute Gasteiger partial charge is 0.303 e. The molecule has 0 aromatic carbocycles. The summed E-state index contributed by atoms with van der Waals surface area (Å²) in [6.45, 7) is 4.87. The van der Waals surface area contributed by atoms with Crippen molar-refractivity contribution in [2.75, 3.05) is 11.9 Å². The first-order chi connectivity index (χ1) is 20.8. The van der Waals surface area contributed by atoms with Crippen LogP contribution in [0.5, 0.6) is 0 Å². The number of fused-ring (bicyclic) bond motifs is 1. The third-order valence-electron chi connectivity index (χ3n) is 8.61. The second-order valence-corrected chi connectivity index (χ2v) is 12.1. The van der Waals surface area contributed by atoms with Gasteiger partial charge in [-0.25, -0.2) is 15.0 Å². The SMILES string of the molecule is CCC(Cc1cc2c(nc1CCCCCC[C@@H](CC(=O)O)c1cnc(C)nc1)NCCC2)C(=O)CCCCCCC(N)=O. The van der Waals surface area contributed by atoms with Crippen molar-refractivity contribution in [2.24, 2.45) is 11.7 Å². The van der Waals surface area contributed by atoms with Gasteiger partial charge in [0.05, 0.1) is 6.42 Å². The molecule has 1 amide bonds. The van der Waals surface area contributed by atoms with Gasteiger partial charge in [-0.2, -0.15) is 0 Å². The van der Waals surface area contributed by atoms with Gasteiger partial charge in [0, 0.05) is 43.4 Å². The van der Waals surface area contributed by atoms with E-state index in [1.807, 2.05) is 6.92 Å². The summed E-state index contributed by atoms with van der Waals surface area (Å²) >= 11 is 0. The zero-order valence-corrected chi connectivity index (χ0v) is 26.2. The minimum Gasteiger partial charge on any atom is -0.481 e. The first kappa shape index (κ1) is 34.1. The molecular formula is C34H51N5O4. The van der Waals surface area contributed by atoms with Gasteiger partial charge in [-0.05, 0) is 87.3 Å². The van der Waals surface area contributed by atoms with E-state index in [9.17, 15) is 19.5 Å². The molecule has 0 bridgehead atoms. The van der Waals surface area contributed by atoms with Crippen LogP contribution in [0.3, 0.4) is 0 Å². The number of unbranched alkanes of at least 4 members (excludes halogenated alkanes) is 6. The lowest BCUT2D eigenvalue weighted by molar-refractivity contribution is -0.137. The minimum absolute atomic E-state index is 0.00214. The van der Waals surface area contributed by atoms with Crippen LogP contribution < -0.4 is 11.1 Å². The summed E-state index contributed by atoms with van der Waals surface area (Å²) in [5, 5.41) is 12.9. The molecule has 2 aromatic rings. The number of nitrogens with one attached hydrogen (secondary N) is 1. The fraction of sp³-hybridized carbons (Fsp3) is 0.647. The Balaban J connectivity index is 1.53. The second kappa shape index (κ2) is 18.3. The van der Waals surface area contributed by atoms with Gasteiger partial charge in [0.25, 0.3) is 0 Å². The molecule has 3 heterocycles. The fourth-order valence-electron chi connectivity index (χ4n) is 6.02. The molecule has 0 aliphatic carbocycles. The van der Waals surface area contributed by atoms with Gasteiger partial charge < -0.3 is 16.2 Å². The number of carbonyl (C=O) groups is 3. The molecule has 43 heavy (non-hydrogen) atoms. The van der Waals surface area contributed by atoms with Crippen molar-refractivity contribution in [3.8, 4) is 0 Å². The number of carbonyl (C=O) groups excluding carboxylic acids is 2. The van der Waals surface area contributed by atoms with Crippen molar-refractivity contribution in [3.05, 3.63) is 46.7 Å². The lowest BCUT2D eigenvalue weighted by Crippen LogP contribution is -2.20.